The number of fused-ring (bicyclic) bond motifs is 2. The van der Waals surface area contributed by atoms with E-state index in [0.29, 0.717) is 13.0 Å². The number of hydrogen-bond donors (Lipinski definition) is 1. The zero-order chi connectivity index (χ0) is 21.4. The summed E-state index contributed by atoms with van der Waals surface area (Å²) in [6.07, 6.45) is 1.45. The van der Waals surface area contributed by atoms with Crippen LogP contribution in [0.25, 0.3) is 0 Å². The zero-order valence-electron chi connectivity index (χ0n) is 18.3. The number of anilines is 3. The number of carbonyl (C=O) groups is 1. The van der Waals surface area contributed by atoms with E-state index in [-0.39, 0.29) is 11.2 Å². The average Bonchev–Trinajstić information content (AvgIpc) is 3.17. The second-order valence-electron chi connectivity index (χ2n) is 9.28. The van der Waals surface area contributed by atoms with Gasteiger partial charge in [0.25, 0.3) is 0 Å². The molecule has 166 valence electrons. The average molecular weight is 443 g/mol. The number of benzene rings is 1. The van der Waals surface area contributed by atoms with Crippen molar-refractivity contribution in [3.05, 3.63) is 28.8 Å². The summed E-state index contributed by atoms with van der Waals surface area (Å²) in [5.74, 6) is 1.09. The molecule has 0 saturated carbocycles. The molecule has 0 bridgehead atoms. The predicted octanol–water partition coefficient (Wildman–Crippen LogP) is 3.57. The van der Waals surface area contributed by atoms with Crippen molar-refractivity contribution in [2.45, 2.75) is 26.7 Å². The first-order chi connectivity index (χ1) is 15.0. The molecule has 1 fully saturated rings. The van der Waals surface area contributed by atoms with Gasteiger partial charge >= 0.3 is 0 Å². The lowest BCUT2D eigenvalue weighted by molar-refractivity contribution is 0.0398. The number of thiazole rings is 1. The van der Waals surface area contributed by atoms with E-state index in [2.05, 4.69) is 47.2 Å². The number of morpholine rings is 1. The van der Waals surface area contributed by atoms with Crippen molar-refractivity contribution in [2.24, 2.45) is 5.41 Å². The number of Topliss-reactive ketones (excluding diaryl/α,β-unsaturated/α-hetero) is 1. The molecule has 0 radical (unpaired) electrons. The molecule has 0 amide bonds. The predicted molar refractivity (Wildman–Crippen MR) is 123 cm³/mol. The normalized spacial score (nSPS) is 20.7. The fourth-order valence-electron chi connectivity index (χ4n) is 4.53. The van der Waals surface area contributed by atoms with Crippen LogP contribution >= 0.6 is 11.3 Å². The zero-order valence-corrected chi connectivity index (χ0v) is 19.1. The van der Waals surface area contributed by atoms with Crippen molar-refractivity contribution in [2.75, 3.05) is 62.8 Å². The molecular weight excluding hydrogens is 412 g/mol. The molecule has 2 aromatic rings. The molecule has 0 spiro atoms. The van der Waals surface area contributed by atoms with Gasteiger partial charge < -0.3 is 19.7 Å². The Morgan fingerprint density at radius 1 is 1.16 bits per heavy atom. The van der Waals surface area contributed by atoms with Crippen LogP contribution in [0.4, 0.5) is 16.5 Å². The second-order valence-corrected chi connectivity index (χ2v) is 10.3. The van der Waals surface area contributed by atoms with Crippen LogP contribution in [0.5, 0.6) is 5.75 Å². The van der Waals surface area contributed by atoms with Crippen LogP contribution in [0.3, 0.4) is 0 Å². The highest BCUT2D eigenvalue weighted by atomic mass is 32.1. The highest BCUT2D eigenvalue weighted by molar-refractivity contribution is 7.17. The molecule has 5 rings (SSSR count). The molecule has 0 atom stereocenters. The first kappa shape index (κ1) is 20.7. The van der Waals surface area contributed by atoms with Gasteiger partial charge in [-0.05, 0) is 24.0 Å². The Balaban J connectivity index is 1.30. The van der Waals surface area contributed by atoms with E-state index in [1.54, 1.807) is 0 Å². The third-order valence-electron chi connectivity index (χ3n) is 6.14. The molecule has 1 saturated heterocycles. The van der Waals surface area contributed by atoms with Gasteiger partial charge in [-0.25, -0.2) is 4.98 Å². The molecule has 1 N–H and O–H groups in total. The van der Waals surface area contributed by atoms with E-state index in [1.807, 2.05) is 0 Å². The summed E-state index contributed by atoms with van der Waals surface area (Å²) in [6, 6.07) is 6.27. The number of ketones is 1. The molecule has 3 aliphatic rings. The van der Waals surface area contributed by atoms with Gasteiger partial charge in [0.05, 0.1) is 36.0 Å². The third kappa shape index (κ3) is 4.42. The van der Waals surface area contributed by atoms with Crippen molar-refractivity contribution in [3.8, 4) is 5.75 Å². The number of aromatic nitrogens is 1. The minimum Gasteiger partial charge on any atom is -0.489 e. The van der Waals surface area contributed by atoms with E-state index >= 15 is 0 Å². The lowest BCUT2D eigenvalue weighted by Crippen LogP contribution is -2.39. The molecule has 1 aromatic heterocycles. The van der Waals surface area contributed by atoms with E-state index in [4.69, 9.17) is 14.5 Å². The molecule has 7 nitrogen and oxygen atoms in total. The van der Waals surface area contributed by atoms with Crippen molar-refractivity contribution >= 4 is 33.6 Å². The summed E-state index contributed by atoms with van der Waals surface area (Å²) in [5.41, 5.74) is 3.02. The van der Waals surface area contributed by atoms with E-state index in [1.165, 1.54) is 11.3 Å². The number of nitrogens with one attached hydrogen (secondary N) is 1. The Kier molecular flexibility index (Phi) is 5.62. The van der Waals surface area contributed by atoms with E-state index in [0.717, 1.165) is 85.2 Å². The summed E-state index contributed by atoms with van der Waals surface area (Å²) in [4.78, 5) is 22.9. The quantitative estimate of drug-likeness (QED) is 0.759. The van der Waals surface area contributed by atoms with Crippen LogP contribution in [-0.4, -0.2) is 68.2 Å². The van der Waals surface area contributed by atoms with Gasteiger partial charge in [-0.15, -0.1) is 0 Å². The fraction of sp³-hybridized carbons (Fsp3) is 0.565. The molecule has 1 aromatic carbocycles. The minimum absolute atomic E-state index is 0.0138. The largest absolute Gasteiger partial charge is 0.489 e. The molecule has 0 unspecified atom stereocenters. The van der Waals surface area contributed by atoms with Crippen LogP contribution in [0.15, 0.2) is 18.2 Å². The van der Waals surface area contributed by atoms with Crippen LogP contribution in [-0.2, 0) is 11.2 Å². The van der Waals surface area contributed by atoms with Crippen LogP contribution in [0, 0.1) is 5.41 Å². The summed E-state index contributed by atoms with van der Waals surface area (Å²) in [7, 11) is 0. The van der Waals surface area contributed by atoms with Gasteiger partial charge in [-0.3, -0.25) is 9.69 Å². The maximum absolute atomic E-state index is 12.6. The number of carbonyl (C=O) groups excluding carboxylic acids is 1. The maximum atomic E-state index is 12.6. The fourth-order valence-corrected chi connectivity index (χ4v) is 5.59. The topological polar surface area (TPSA) is 66.9 Å². The van der Waals surface area contributed by atoms with E-state index < -0.39 is 0 Å². The Morgan fingerprint density at radius 3 is 2.84 bits per heavy atom. The molecule has 1 aliphatic carbocycles. The van der Waals surface area contributed by atoms with Gasteiger partial charge in [0.15, 0.2) is 10.9 Å². The molecule has 2 aliphatic heterocycles. The Bertz CT molecular complexity index is 968. The SMILES string of the molecule is CC1(C)CC(=O)c2sc(N3CCOc4cc(NCCN5CCOCC5)ccc43)nc2C1. The first-order valence-electron chi connectivity index (χ1n) is 11.1. The Hall–Kier alpha value is -2.16. The maximum Gasteiger partial charge on any atom is 0.190 e. The second kappa shape index (κ2) is 8.41. The summed E-state index contributed by atoms with van der Waals surface area (Å²) < 4.78 is 11.4. The van der Waals surface area contributed by atoms with Crippen LogP contribution in [0.1, 0.15) is 35.6 Å². The van der Waals surface area contributed by atoms with Gasteiger partial charge in [0.1, 0.15) is 12.4 Å². The molecular formula is C23H30N4O3S. The van der Waals surface area contributed by atoms with Crippen molar-refractivity contribution < 1.29 is 14.3 Å². The third-order valence-corrected chi connectivity index (χ3v) is 7.30. The molecule has 3 heterocycles. The minimum atomic E-state index is -0.0138. The van der Waals surface area contributed by atoms with Gasteiger partial charge in [0, 0.05) is 44.4 Å². The summed E-state index contributed by atoms with van der Waals surface area (Å²) >= 11 is 1.53. The monoisotopic (exact) mass is 442 g/mol. The lowest BCUT2D eigenvalue weighted by atomic mass is 9.78. The first-order valence-corrected chi connectivity index (χ1v) is 11.9. The van der Waals surface area contributed by atoms with Crippen molar-refractivity contribution in [3.63, 3.8) is 0 Å². The highest BCUT2D eigenvalue weighted by Gasteiger charge is 2.35. The number of hydrogen-bond acceptors (Lipinski definition) is 8. The lowest BCUT2D eigenvalue weighted by Gasteiger charge is -2.30. The smallest absolute Gasteiger partial charge is 0.190 e. The van der Waals surface area contributed by atoms with Crippen molar-refractivity contribution in [1.29, 1.82) is 0 Å². The van der Waals surface area contributed by atoms with Crippen molar-refractivity contribution in [1.82, 2.24) is 9.88 Å². The Morgan fingerprint density at radius 2 is 2.00 bits per heavy atom. The van der Waals surface area contributed by atoms with E-state index in [9.17, 15) is 4.79 Å². The van der Waals surface area contributed by atoms with Gasteiger partial charge in [-0.1, -0.05) is 25.2 Å². The molecule has 31 heavy (non-hydrogen) atoms. The summed E-state index contributed by atoms with van der Waals surface area (Å²) in [6.45, 7) is 11.2. The Labute approximate surface area is 187 Å². The van der Waals surface area contributed by atoms with Gasteiger partial charge in [-0.2, -0.15) is 0 Å². The van der Waals surface area contributed by atoms with Crippen LogP contribution < -0.4 is 15.0 Å². The number of rotatable bonds is 5. The number of nitrogens with zero attached hydrogens (tertiary/aromatic N) is 3. The van der Waals surface area contributed by atoms with Gasteiger partial charge in [0.2, 0.25) is 0 Å². The van der Waals surface area contributed by atoms with Crippen LogP contribution in [0.2, 0.25) is 0 Å². The number of ether oxygens (including phenoxy) is 2. The standard InChI is InChI=1S/C23H30N4O3S/c1-23(2)14-17-21(19(28)15-23)31-22(25-17)27-9-12-30-20-13-16(3-4-18(20)27)24-5-6-26-7-10-29-11-8-26/h3-4,13,24H,5-12,14-15H2,1-2H3. The summed E-state index contributed by atoms with van der Waals surface area (Å²) in [5, 5.41) is 4.41. The highest BCUT2D eigenvalue weighted by Crippen LogP contribution is 2.43. The molecule has 8 heteroatoms.